The van der Waals surface area contributed by atoms with E-state index in [4.69, 9.17) is 0 Å². The predicted molar refractivity (Wildman–Crippen MR) is 143 cm³/mol. The molecule has 210 valence electrons. The van der Waals surface area contributed by atoms with Gasteiger partial charge in [0, 0.05) is 24.7 Å². The lowest BCUT2D eigenvalue weighted by atomic mass is 9.77. The smallest absolute Gasteiger partial charge is 0.282 e. The van der Waals surface area contributed by atoms with Gasteiger partial charge in [-0.25, -0.2) is 8.78 Å². The lowest BCUT2D eigenvalue weighted by molar-refractivity contribution is -0.133. The van der Waals surface area contributed by atoms with Crippen LogP contribution in [0.15, 0.2) is 30.3 Å². The summed E-state index contributed by atoms with van der Waals surface area (Å²) in [4.78, 5) is 28.2. The summed E-state index contributed by atoms with van der Waals surface area (Å²) in [7, 11) is 0. The zero-order valence-electron chi connectivity index (χ0n) is 22.5. The molecule has 6 rings (SSSR count). The Morgan fingerprint density at radius 2 is 1.85 bits per heavy atom. The fourth-order valence-electron chi connectivity index (χ4n) is 6.99. The van der Waals surface area contributed by atoms with Gasteiger partial charge in [-0.05, 0) is 93.4 Å². The van der Waals surface area contributed by atoms with Crippen molar-refractivity contribution < 1.29 is 18.4 Å². The number of hydrogen-bond donors (Lipinski definition) is 2. The SMILES string of the molecule is O=C(NC1CCCc2ccccc21)C1CC(C2CCN(C(=O)Cn3nc(C(F)F)cc3C3CC3)CC2)CCN1. The summed E-state index contributed by atoms with van der Waals surface area (Å²) in [5.74, 6) is 1.25. The maximum absolute atomic E-state index is 13.3. The van der Waals surface area contributed by atoms with Gasteiger partial charge in [-0.15, -0.1) is 0 Å². The van der Waals surface area contributed by atoms with Crippen LogP contribution in [-0.2, 0) is 22.6 Å². The number of carbonyl (C=O) groups is 2. The van der Waals surface area contributed by atoms with E-state index in [1.165, 1.54) is 21.9 Å². The number of likely N-dealkylation sites (tertiary alicyclic amines) is 1. The van der Waals surface area contributed by atoms with Crippen molar-refractivity contribution in [2.75, 3.05) is 19.6 Å². The van der Waals surface area contributed by atoms with Crippen LogP contribution in [0.4, 0.5) is 8.78 Å². The number of alkyl halides is 2. The summed E-state index contributed by atoms with van der Waals surface area (Å²) in [5, 5.41) is 10.8. The number of hydrogen-bond acceptors (Lipinski definition) is 4. The summed E-state index contributed by atoms with van der Waals surface area (Å²) in [6.45, 7) is 2.21. The zero-order chi connectivity index (χ0) is 26.9. The first-order valence-electron chi connectivity index (χ1n) is 14.7. The molecular formula is C30H39F2N5O2. The normalized spacial score (nSPS) is 25.9. The number of nitrogens with zero attached hydrogens (tertiary/aromatic N) is 3. The van der Waals surface area contributed by atoms with E-state index in [-0.39, 0.29) is 42.1 Å². The molecule has 2 aliphatic carbocycles. The highest BCUT2D eigenvalue weighted by molar-refractivity contribution is 5.82. The van der Waals surface area contributed by atoms with Crippen LogP contribution < -0.4 is 10.6 Å². The number of rotatable bonds is 7. The quantitative estimate of drug-likeness (QED) is 0.543. The Labute approximate surface area is 228 Å². The largest absolute Gasteiger partial charge is 0.348 e. The van der Waals surface area contributed by atoms with Gasteiger partial charge in [0.25, 0.3) is 6.43 Å². The molecule has 2 saturated heterocycles. The van der Waals surface area contributed by atoms with E-state index in [2.05, 4.69) is 40.0 Å². The maximum Gasteiger partial charge on any atom is 0.282 e. The average molecular weight is 540 g/mol. The molecule has 2 amide bonds. The van der Waals surface area contributed by atoms with Crippen LogP contribution in [0.1, 0.15) is 92.3 Å². The van der Waals surface area contributed by atoms with Crippen LogP contribution >= 0.6 is 0 Å². The molecule has 3 fully saturated rings. The van der Waals surface area contributed by atoms with Crippen LogP contribution in [0.5, 0.6) is 0 Å². The molecule has 3 atom stereocenters. The van der Waals surface area contributed by atoms with E-state index in [1.807, 2.05) is 4.90 Å². The lowest BCUT2D eigenvalue weighted by Crippen LogP contribution is -2.51. The van der Waals surface area contributed by atoms with Gasteiger partial charge in [0.2, 0.25) is 11.8 Å². The fourth-order valence-corrected chi connectivity index (χ4v) is 6.99. The summed E-state index contributed by atoms with van der Waals surface area (Å²) in [6, 6.07) is 9.81. The van der Waals surface area contributed by atoms with Gasteiger partial charge in [0.05, 0.1) is 12.1 Å². The molecule has 1 saturated carbocycles. The first-order valence-corrected chi connectivity index (χ1v) is 14.7. The Morgan fingerprint density at radius 3 is 2.62 bits per heavy atom. The molecule has 2 N–H and O–H groups in total. The second-order valence-electron chi connectivity index (χ2n) is 11.9. The molecule has 0 bridgehead atoms. The molecule has 1 aromatic carbocycles. The molecule has 4 aliphatic rings. The predicted octanol–water partition coefficient (Wildman–Crippen LogP) is 4.50. The van der Waals surface area contributed by atoms with Crippen molar-refractivity contribution in [3.05, 3.63) is 52.8 Å². The van der Waals surface area contributed by atoms with Gasteiger partial charge in [0.1, 0.15) is 12.2 Å². The topological polar surface area (TPSA) is 79.3 Å². The van der Waals surface area contributed by atoms with Crippen molar-refractivity contribution in [2.24, 2.45) is 11.8 Å². The minimum absolute atomic E-state index is 0.0309. The van der Waals surface area contributed by atoms with Gasteiger partial charge in [-0.3, -0.25) is 14.3 Å². The van der Waals surface area contributed by atoms with Crippen molar-refractivity contribution in [1.29, 1.82) is 0 Å². The van der Waals surface area contributed by atoms with Crippen LogP contribution in [0.3, 0.4) is 0 Å². The summed E-state index contributed by atoms with van der Waals surface area (Å²) >= 11 is 0. The van der Waals surface area contributed by atoms with Gasteiger partial charge >= 0.3 is 0 Å². The van der Waals surface area contributed by atoms with E-state index >= 15 is 0 Å². The Kier molecular flexibility index (Phi) is 7.69. The highest BCUT2D eigenvalue weighted by Crippen LogP contribution is 2.41. The summed E-state index contributed by atoms with van der Waals surface area (Å²) < 4.78 is 27.9. The van der Waals surface area contributed by atoms with Crippen LogP contribution in [0.25, 0.3) is 0 Å². The highest BCUT2D eigenvalue weighted by Gasteiger charge is 2.36. The number of aromatic nitrogens is 2. The number of fused-ring (bicyclic) bond motifs is 1. The second kappa shape index (κ2) is 11.4. The lowest BCUT2D eigenvalue weighted by Gasteiger charge is -2.40. The third-order valence-corrected chi connectivity index (χ3v) is 9.34. The highest BCUT2D eigenvalue weighted by atomic mass is 19.3. The Balaban J connectivity index is 1.01. The molecule has 3 heterocycles. The molecule has 9 heteroatoms. The van der Waals surface area contributed by atoms with Crippen LogP contribution in [-0.4, -0.2) is 52.2 Å². The number of aryl methyl sites for hydroxylation is 1. The van der Waals surface area contributed by atoms with Gasteiger partial charge in [-0.2, -0.15) is 5.10 Å². The standard InChI is InChI=1S/C30H39F2N5O2/c31-29(32)25-17-27(21-8-9-21)37(35-25)18-28(38)36-14-11-19(12-15-36)22-10-13-33-26(16-22)30(39)34-24-7-3-5-20-4-1-2-6-23(20)24/h1-2,4,6,17,19,21-22,24,26,29,33H,3,5,7-16,18H2,(H,34,39). The second-order valence-corrected chi connectivity index (χ2v) is 11.9. The van der Waals surface area contributed by atoms with E-state index < -0.39 is 6.43 Å². The Morgan fingerprint density at radius 1 is 1.05 bits per heavy atom. The van der Waals surface area contributed by atoms with E-state index in [9.17, 15) is 18.4 Å². The van der Waals surface area contributed by atoms with Crippen molar-refractivity contribution >= 4 is 11.8 Å². The van der Waals surface area contributed by atoms with Crippen molar-refractivity contribution in [3.8, 4) is 0 Å². The number of carbonyl (C=O) groups excluding carboxylic acids is 2. The molecule has 7 nitrogen and oxygen atoms in total. The van der Waals surface area contributed by atoms with Crippen LogP contribution in [0, 0.1) is 11.8 Å². The molecule has 39 heavy (non-hydrogen) atoms. The van der Waals surface area contributed by atoms with E-state index in [1.54, 1.807) is 0 Å². The minimum atomic E-state index is -2.62. The van der Waals surface area contributed by atoms with Gasteiger partial charge in [0.15, 0.2) is 0 Å². The first kappa shape index (κ1) is 26.4. The molecule has 2 aromatic rings. The average Bonchev–Trinajstić information content (AvgIpc) is 3.72. The Hall–Kier alpha value is -2.81. The molecule has 2 aliphatic heterocycles. The molecule has 1 aromatic heterocycles. The van der Waals surface area contributed by atoms with E-state index in [0.29, 0.717) is 24.9 Å². The number of nitrogens with one attached hydrogen (secondary N) is 2. The molecule has 0 radical (unpaired) electrons. The van der Waals surface area contributed by atoms with Crippen molar-refractivity contribution in [1.82, 2.24) is 25.3 Å². The summed E-state index contributed by atoms with van der Waals surface area (Å²) in [6.07, 6.45) is 6.17. The number of piperidine rings is 2. The zero-order valence-corrected chi connectivity index (χ0v) is 22.5. The molecule has 0 spiro atoms. The minimum Gasteiger partial charge on any atom is -0.348 e. The maximum atomic E-state index is 13.3. The Bertz CT molecular complexity index is 1190. The van der Waals surface area contributed by atoms with Crippen molar-refractivity contribution in [3.63, 3.8) is 0 Å². The number of benzene rings is 1. The van der Waals surface area contributed by atoms with Gasteiger partial charge in [-0.1, -0.05) is 24.3 Å². The third kappa shape index (κ3) is 5.88. The number of amides is 2. The monoisotopic (exact) mass is 539 g/mol. The molecule has 3 unspecified atom stereocenters. The first-order chi connectivity index (χ1) is 19.0. The van der Waals surface area contributed by atoms with E-state index in [0.717, 1.165) is 70.0 Å². The van der Waals surface area contributed by atoms with Crippen molar-refractivity contribution in [2.45, 2.75) is 88.8 Å². The summed E-state index contributed by atoms with van der Waals surface area (Å²) in [5.41, 5.74) is 3.13. The number of halogens is 2. The van der Waals surface area contributed by atoms with Gasteiger partial charge < -0.3 is 15.5 Å². The molecular weight excluding hydrogens is 500 g/mol. The fraction of sp³-hybridized carbons (Fsp3) is 0.633. The van der Waals surface area contributed by atoms with Crippen LogP contribution in [0.2, 0.25) is 0 Å². The third-order valence-electron chi connectivity index (χ3n) is 9.34.